The largest absolute Gasteiger partial charge is 0.364 e. The van der Waals surface area contributed by atoms with Crippen molar-refractivity contribution in [2.75, 3.05) is 13.1 Å². The zero-order valence-corrected chi connectivity index (χ0v) is 16.5. The Morgan fingerprint density at radius 1 is 1.26 bits per heavy atom. The van der Waals surface area contributed by atoms with Crippen LogP contribution in [0, 0.1) is 0 Å². The van der Waals surface area contributed by atoms with Crippen LogP contribution < -0.4 is 10.6 Å². The van der Waals surface area contributed by atoms with Gasteiger partial charge in [0.15, 0.2) is 5.96 Å². The molecule has 126 valence electrons. The lowest BCUT2D eigenvalue weighted by molar-refractivity contribution is 0.412. The first-order valence-electron chi connectivity index (χ1n) is 7.41. The summed E-state index contributed by atoms with van der Waals surface area (Å²) in [6.45, 7) is 6.42. The van der Waals surface area contributed by atoms with Crippen LogP contribution in [0.2, 0.25) is 0 Å². The molecule has 0 spiro atoms. The van der Waals surface area contributed by atoms with E-state index in [1.54, 1.807) is 6.26 Å². The van der Waals surface area contributed by atoms with Crippen LogP contribution in [-0.4, -0.2) is 29.5 Å². The number of benzene rings is 1. The van der Waals surface area contributed by atoms with E-state index >= 15 is 0 Å². The summed E-state index contributed by atoms with van der Waals surface area (Å²) in [6.07, 6.45) is 1.56. The predicted molar refractivity (Wildman–Crippen MR) is 106 cm³/mol. The summed E-state index contributed by atoms with van der Waals surface area (Å²) in [6, 6.07) is 12.2. The van der Waals surface area contributed by atoms with Gasteiger partial charge in [-0.3, -0.25) is 0 Å². The maximum Gasteiger partial charge on any atom is 0.191 e. The molecule has 2 aromatic rings. The molecule has 1 aromatic heterocycles. The molecule has 0 aliphatic rings. The van der Waals surface area contributed by atoms with Crippen molar-refractivity contribution < 1.29 is 4.52 Å². The van der Waals surface area contributed by atoms with Crippen LogP contribution in [0.4, 0.5) is 0 Å². The summed E-state index contributed by atoms with van der Waals surface area (Å²) < 4.78 is 4.81. The average Bonchev–Trinajstić information content (AvgIpc) is 3.04. The van der Waals surface area contributed by atoms with Crippen molar-refractivity contribution in [1.82, 2.24) is 15.8 Å². The molecule has 0 radical (unpaired) electrons. The molecule has 0 saturated heterocycles. The van der Waals surface area contributed by atoms with Gasteiger partial charge in [-0.15, -0.1) is 35.7 Å². The highest BCUT2D eigenvalue weighted by atomic mass is 127. The number of halogens is 1. The van der Waals surface area contributed by atoms with E-state index in [-0.39, 0.29) is 24.0 Å². The fourth-order valence-corrected chi connectivity index (χ4v) is 2.78. The van der Waals surface area contributed by atoms with Crippen LogP contribution in [0.1, 0.15) is 19.5 Å². The third kappa shape index (κ3) is 7.74. The van der Waals surface area contributed by atoms with E-state index in [0.29, 0.717) is 11.8 Å². The summed E-state index contributed by atoms with van der Waals surface area (Å²) in [5, 5.41) is 10.9. The molecule has 0 amide bonds. The van der Waals surface area contributed by atoms with Crippen molar-refractivity contribution in [3.05, 3.63) is 48.4 Å². The summed E-state index contributed by atoms with van der Waals surface area (Å²) >= 11 is 1.85. The standard InChI is InChI=1S/C16H22N4OS.HI/c1-3-17-16(19-12-14-9-10-21-20-14)18-11-13(2)22-15-7-5-4-6-8-15;/h4-10,13H,3,11-12H2,1-2H3,(H2,17,18,19);1H. The number of hydrogen-bond acceptors (Lipinski definition) is 4. The highest BCUT2D eigenvalue weighted by Crippen LogP contribution is 2.21. The SMILES string of the molecule is CCNC(=NCc1ccon1)NCC(C)Sc1ccccc1.I. The molecule has 1 aromatic carbocycles. The smallest absolute Gasteiger partial charge is 0.191 e. The molecule has 2 rings (SSSR count). The minimum atomic E-state index is 0. The van der Waals surface area contributed by atoms with Gasteiger partial charge in [0.05, 0.1) is 6.54 Å². The lowest BCUT2D eigenvalue weighted by Crippen LogP contribution is -2.40. The number of aromatic nitrogens is 1. The van der Waals surface area contributed by atoms with Gasteiger partial charge in [-0.2, -0.15) is 0 Å². The second-order valence-electron chi connectivity index (χ2n) is 4.81. The molecular weight excluding hydrogens is 423 g/mol. The second-order valence-corrected chi connectivity index (χ2v) is 6.32. The molecule has 1 atom stereocenters. The summed E-state index contributed by atoms with van der Waals surface area (Å²) in [5.74, 6) is 0.797. The monoisotopic (exact) mass is 446 g/mol. The first-order valence-corrected chi connectivity index (χ1v) is 8.29. The van der Waals surface area contributed by atoms with Crippen molar-refractivity contribution in [1.29, 1.82) is 0 Å². The van der Waals surface area contributed by atoms with E-state index in [1.165, 1.54) is 4.90 Å². The third-order valence-corrected chi connectivity index (χ3v) is 3.99. The van der Waals surface area contributed by atoms with Crippen LogP contribution in [-0.2, 0) is 6.54 Å². The summed E-state index contributed by atoms with van der Waals surface area (Å²) in [7, 11) is 0. The van der Waals surface area contributed by atoms with E-state index in [0.717, 1.165) is 24.7 Å². The van der Waals surface area contributed by atoms with E-state index < -0.39 is 0 Å². The first-order chi connectivity index (χ1) is 10.8. The Morgan fingerprint density at radius 3 is 2.70 bits per heavy atom. The van der Waals surface area contributed by atoms with Gasteiger partial charge in [0.1, 0.15) is 12.0 Å². The van der Waals surface area contributed by atoms with Crippen LogP contribution >= 0.6 is 35.7 Å². The van der Waals surface area contributed by atoms with Crippen LogP contribution in [0.3, 0.4) is 0 Å². The predicted octanol–water partition coefficient (Wildman–Crippen LogP) is 3.53. The molecule has 23 heavy (non-hydrogen) atoms. The molecule has 0 fully saturated rings. The zero-order valence-electron chi connectivity index (χ0n) is 13.4. The lowest BCUT2D eigenvalue weighted by atomic mass is 10.4. The second kappa shape index (κ2) is 11.3. The third-order valence-electron chi connectivity index (χ3n) is 2.87. The molecule has 0 saturated carbocycles. The van der Waals surface area contributed by atoms with Gasteiger partial charge in [-0.05, 0) is 19.1 Å². The highest BCUT2D eigenvalue weighted by Gasteiger charge is 2.06. The van der Waals surface area contributed by atoms with Gasteiger partial charge in [0.2, 0.25) is 0 Å². The van der Waals surface area contributed by atoms with E-state index in [2.05, 4.69) is 58.9 Å². The maximum atomic E-state index is 4.81. The zero-order chi connectivity index (χ0) is 15.6. The fourth-order valence-electron chi connectivity index (χ4n) is 1.83. The molecule has 7 heteroatoms. The normalized spacial score (nSPS) is 12.3. The maximum absolute atomic E-state index is 4.81. The fraction of sp³-hybridized carbons (Fsp3) is 0.375. The van der Waals surface area contributed by atoms with Gasteiger partial charge in [-0.1, -0.05) is 30.3 Å². The van der Waals surface area contributed by atoms with Gasteiger partial charge >= 0.3 is 0 Å². The number of nitrogens with one attached hydrogen (secondary N) is 2. The minimum Gasteiger partial charge on any atom is -0.364 e. The van der Waals surface area contributed by atoms with Gasteiger partial charge in [0.25, 0.3) is 0 Å². The topological polar surface area (TPSA) is 62.5 Å². The Balaban J connectivity index is 0.00000264. The number of guanidine groups is 1. The van der Waals surface area contributed by atoms with Crippen molar-refractivity contribution in [2.45, 2.75) is 30.5 Å². The Hall–Kier alpha value is -1.22. The molecule has 5 nitrogen and oxygen atoms in total. The van der Waals surface area contributed by atoms with Gasteiger partial charge in [0, 0.05) is 29.3 Å². The van der Waals surface area contributed by atoms with Crippen molar-refractivity contribution in [3.63, 3.8) is 0 Å². The van der Waals surface area contributed by atoms with E-state index in [1.807, 2.05) is 23.9 Å². The Bertz CT molecular complexity index is 563. The minimum absolute atomic E-state index is 0. The molecule has 1 unspecified atom stereocenters. The van der Waals surface area contributed by atoms with Crippen LogP contribution in [0.25, 0.3) is 0 Å². The van der Waals surface area contributed by atoms with Gasteiger partial charge < -0.3 is 15.2 Å². The first kappa shape index (κ1) is 19.8. The Kier molecular flexibility index (Phi) is 9.77. The van der Waals surface area contributed by atoms with Gasteiger partial charge in [-0.25, -0.2) is 4.99 Å². The molecule has 0 aliphatic heterocycles. The number of hydrogen-bond donors (Lipinski definition) is 2. The molecule has 1 heterocycles. The highest BCUT2D eigenvalue weighted by molar-refractivity contribution is 14.0. The van der Waals surface area contributed by atoms with Crippen molar-refractivity contribution >= 4 is 41.7 Å². The van der Waals surface area contributed by atoms with Crippen LogP contribution in [0.5, 0.6) is 0 Å². The van der Waals surface area contributed by atoms with E-state index in [9.17, 15) is 0 Å². The number of rotatable bonds is 7. The van der Waals surface area contributed by atoms with Crippen molar-refractivity contribution in [2.24, 2.45) is 4.99 Å². The Morgan fingerprint density at radius 2 is 2.04 bits per heavy atom. The molecular formula is C16H23IN4OS. The summed E-state index contributed by atoms with van der Waals surface area (Å²) in [5.41, 5.74) is 0.823. The molecule has 0 aliphatic carbocycles. The summed E-state index contributed by atoms with van der Waals surface area (Å²) in [4.78, 5) is 5.78. The quantitative estimate of drug-likeness (QED) is 0.295. The molecule has 2 N–H and O–H groups in total. The number of nitrogens with zero attached hydrogens (tertiary/aromatic N) is 2. The average molecular weight is 446 g/mol. The lowest BCUT2D eigenvalue weighted by Gasteiger charge is -2.15. The van der Waals surface area contributed by atoms with Crippen LogP contribution in [0.15, 0.2) is 57.1 Å². The Labute approximate surface area is 158 Å². The van der Waals surface area contributed by atoms with E-state index in [4.69, 9.17) is 4.52 Å². The number of thioether (sulfide) groups is 1. The van der Waals surface area contributed by atoms with Crippen molar-refractivity contribution in [3.8, 4) is 0 Å². The molecule has 0 bridgehead atoms. The number of aliphatic imine (C=N–C) groups is 1.